The van der Waals surface area contributed by atoms with Gasteiger partial charge in [0.1, 0.15) is 0 Å². The molecule has 0 saturated carbocycles. The minimum atomic E-state index is -0.391. The molecule has 13 heavy (non-hydrogen) atoms. The average molecular weight is 198 g/mol. The molecule has 0 aliphatic carbocycles. The standard InChI is InChI=1S/C9H8ClNO2/c10-7-3-5-8-4-1-2-6-9(8)11(12)13/h1-4,6-7H,5H2. The first kappa shape index (κ1) is 9.74. The van der Waals surface area contributed by atoms with Crippen molar-refractivity contribution in [3.8, 4) is 0 Å². The molecule has 0 aromatic heterocycles. The van der Waals surface area contributed by atoms with Crippen molar-refractivity contribution < 1.29 is 4.92 Å². The Morgan fingerprint density at radius 3 is 2.77 bits per heavy atom. The largest absolute Gasteiger partial charge is 0.272 e. The molecular weight excluding hydrogens is 190 g/mol. The van der Waals surface area contributed by atoms with Crippen LogP contribution in [0.5, 0.6) is 0 Å². The third kappa shape index (κ3) is 2.56. The maximum Gasteiger partial charge on any atom is 0.272 e. The molecule has 0 atom stereocenters. The Balaban J connectivity index is 2.97. The molecule has 1 aromatic carbocycles. The molecule has 0 spiro atoms. The maximum atomic E-state index is 10.5. The molecule has 0 unspecified atom stereocenters. The van der Waals surface area contributed by atoms with Crippen LogP contribution in [-0.2, 0) is 6.42 Å². The SMILES string of the molecule is O=[N+]([O-])c1ccccc1CC=CCl. The summed E-state index contributed by atoms with van der Waals surface area (Å²) in [6.45, 7) is 0. The van der Waals surface area contributed by atoms with E-state index in [1.807, 2.05) is 0 Å². The number of hydrogen-bond acceptors (Lipinski definition) is 2. The Bertz CT molecular complexity index is 336. The van der Waals surface area contributed by atoms with E-state index >= 15 is 0 Å². The molecule has 0 fully saturated rings. The zero-order valence-corrected chi connectivity index (χ0v) is 7.57. The maximum absolute atomic E-state index is 10.5. The van der Waals surface area contributed by atoms with E-state index in [0.717, 1.165) is 0 Å². The number of allylic oxidation sites excluding steroid dienone is 1. The minimum absolute atomic E-state index is 0.136. The average Bonchev–Trinajstić information content (AvgIpc) is 2.15. The Morgan fingerprint density at radius 1 is 1.46 bits per heavy atom. The number of nitrogens with zero attached hydrogens (tertiary/aromatic N) is 1. The Morgan fingerprint density at radius 2 is 2.15 bits per heavy atom. The van der Waals surface area contributed by atoms with Crippen LogP contribution in [0.25, 0.3) is 0 Å². The Kier molecular flexibility index (Phi) is 3.46. The van der Waals surface area contributed by atoms with Gasteiger partial charge in [0.2, 0.25) is 0 Å². The van der Waals surface area contributed by atoms with E-state index in [4.69, 9.17) is 11.6 Å². The summed E-state index contributed by atoms with van der Waals surface area (Å²) in [6.07, 6.45) is 2.16. The van der Waals surface area contributed by atoms with Crippen molar-refractivity contribution in [1.82, 2.24) is 0 Å². The summed E-state index contributed by atoms with van der Waals surface area (Å²) in [4.78, 5) is 10.1. The van der Waals surface area contributed by atoms with E-state index < -0.39 is 4.92 Å². The first-order valence-corrected chi connectivity index (χ1v) is 4.17. The lowest BCUT2D eigenvalue weighted by Gasteiger charge is -1.97. The van der Waals surface area contributed by atoms with Gasteiger partial charge in [-0.25, -0.2) is 0 Å². The molecule has 0 aliphatic heterocycles. The number of benzene rings is 1. The summed E-state index contributed by atoms with van der Waals surface area (Å²) >= 11 is 5.33. The lowest BCUT2D eigenvalue weighted by Crippen LogP contribution is -1.93. The van der Waals surface area contributed by atoms with Crippen LogP contribution in [0.3, 0.4) is 0 Å². The fraction of sp³-hybridized carbons (Fsp3) is 0.111. The Hall–Kier alpha value is -1.35. The van der Waals surface area contributed by atoms with Crippen LogP contribution >= 0.6 is 11.6 Å². The molecule has 1 aromatic rings. The van der Waals surface area contributed by atoms with E-state index in [9.17, 15) is 10.1 Å². The minimum Gasteiger partial charge on any atom is -0.258 e. The number of hydrogen-bond donors (Lipinski definition) is 0. The first-order valence-electron chi connectivity index (χ1n) is 3.73. The second-order valence-corrected chi connectivity index (χ2v) is 2.70. The zero-order chi connectivity index (χ0) is 9.68. The van der Waals surface area contributed by atoms with Crippen LogP contribution < -0.4 is 0 Å². The van der Waals surface area contributed by atoms with Gasteiger partial charge < -0.3 is 0 Å². The van der Waals surface area contributed by atoms with Crippen LogP contribution in [0, 0.1) is 10.1 Å². The number of para-hydroxylation sites is 1. The predicted octanol–water partition coefficient (Wildman–Crippen LogP) is 2.89. The predicted molar refractivity (Wildman–Crippen MR) is 51.8 cm³/mol. The lowest BCUT2D eigenvalue weighted by atomic mass is 10.1. The highest BCUT2D eigenvalue weighted by molar-refractivity contribution is 6.25. The van der Waals surface area contributed by atoms with Crippen LogP contribution in [0.4, 0.5) is 5.69 Å². The van der Waals surface area contributed by atoms with Crippen molar-refractivity contribution >= 4 is 17.3 Å². The van der Waals surface area contributed by atoms with Crippen molar-refractivity contribution in [3.05, 3.63) is 51.6 Å². The molecule has 0 radical (unpaired) electrons. The second-order valence-electron chi connectivity index (χ2n) is 2.45. The molecule has 0 bridgehead atoms. The molecule has 0 heterocycles. The van der Waals surface area contributed by atoms with E-state index in [2.05, 4.69) is 0 Å². The number of rotatable bonds is 3. The lowest BCUT2D eigenvalue weighted by molar-refractivity contribution is -0.385. The van der Waals surface area contributed by atoms with Gasteiger partial charge in [0.05, 0.1) is 4.92 Å². The smallest absolute Gasteiger partial charge is 0.258 e. The fourth-order valence-corrected chi connectivity index (χ4v) is 1.12. The highest BCUT2D eigenvalue weighted by Crippen LogP contribution is 2.18. The van der Waals surface area contributed by atoms with Crippen molar-refractivity contribution in [3.63, 3.8) is 0 Å². The van der Waals surface area contributed by atoms with Gasteiger partial charge in [-0.3, -0.25) is 10.1 Å². The molecule has 68 valence electrons. The first-order chi connectivity index (χ1) is 6.25. The van der Waals surface area contributed by atoms with Crippen molar-refractivity contribution in [2.24, 2.45) is 0 Å². The Labute approximate surface area is 80.8 Å². The van der Waals surface area contributed by atoms with Gasteiger partial charge in [0.15, 0.2) is 0 Å². The molecule has 0 aliphatic rings. The summed E-state index contributed by atoms with van der Waals surface area (Å²) < 4.78 is 0. The number of halogens is 1. The van der Waals surface area contributed by atoms with Crippen LogP contribution in [0.15, 0.2) is 35.9 Å². The van der Waals surface area contributed by atoms with Crippen molar-refractivity contribution in [1.29, 1.82) is 0 Å². The van der Waals surface area contributed by atoms with Crippen molar-refractivity contribution in [2.75, 3.05) is 0 Å². The molecule has 0 amide bonds. The summed E-state index contributed by atoms with van der Waals surface area (Å²) in [5.41, 5.74) is 2.16. The topological polar surface area (TPSA) is 43.1 Å². The zero-order valence-electron chi connectivity index (χ0n) is 6.81. The molecule has 0 N–H and O–H groups in total. The van der Waals surface area contributed by atoms with Gasteiger partial charge in [0.25, 0.3) is 5.69 Å². The van der Waals surface area contributed by atoms with Gasteiger partial charge >= 0.3 is 0 Å². The molecule has 4 heteroatoms. The van der Waals surface area contributed by atoms with E-state index in [1.165, 1.54) is 11.6 Å². The molecule has 1 rings (SSSR count). The van der Waals surface area contributed by atoms with Crippen LogP contribution in [0.1, 0.15) is 5.56 Å². The van der Waals surface area contributed by atoms with Crippen LogP contribution in [0.2, 0.25) is 0 Å². The molecule has 3 nitrogen and oxygen atoms in total. The quantitative estimate of drug-likeness (QED) is 0.552. The highest BCUT2D eigenvalue weighted by Gasteiger charge is 2.09. The van der Waals surface area contributed by atoms with Gasteiger partial charge in [-0.1, -0.05) is 35.9 Å². The van der Waals surface area contributed by atoms with E-state index in [1.54, 1.807) is 24.3 Å². The number of nitro groups is 1. The van der Waals surface area contributed by atoms with E-state index in [0.29, 0.717) is 12.0 Å². The highest BCUT2D eigenvalue weighted by atomic mass is 35.5. The van der Waals surface area contributed by atoms with Crippen molar-refractivity contribution in [2.45, 2.75) is 6.42 Å². The molecular formula is C9H8ClNO2. The van der Waals surface area contributed by atoms with Gasteiger partial charge in [-0.15, -0.1) is 0 Å². The third-order valence-corrected chi connectivity index (χ3v) is 1.79. The van der Waals surface area contributed by atoms with Gasteiger partial charge in [-0.2, -0.15) is 0 Å². The number of nitro benzene ring substituents is 1. The monoisotopic (exact) mass is 197 g/mol. The second kappa shape index (κ2) is 4.62. The normalized spacial score (nSPS) is 10.5. The summed E-state index contributed by atoms with van der Waals surface area (Å²) in [5.74, 6) is 0. The summed E-state index contributed by atoms with van der Waals surface area (Å²) in [7, 11) is 0. The fourth-order valence-electron chi connectivity index (χ4n) is 1.03. The van der Waals surface area contributed by atoms with Crippen LogP contribution in [-0.4, -0.2) is 4.92 Å². The van der Waals surface area contributed by atoms with E-state index in [-0.39, 0.29) is 5.69 Å². The summed E-state index contributed by atoms with van der Waals surface area (Å²) in [6, 6.07) is 6.61. The van der Waals surface area contributed by atoms with Gasteiger partial charge in [0, 0.05) is 17.2 Å². The molecule has 0 saturated heterocycles. The third-order valence-electron chi connectivity index (χ3n) is 1.62. The van der Waals surface area contributed by atoms with Gasteiger partial charge in [-0.05, 0) is 6.42 Å². The summed E-state index contributed by atoms with van der Waals surface area (Å²) in [5, 5.41) is 10.5.